The summed E-state index contributed by atoms with van der Waals surface area (Å²) in [5.74, 6) is 1.60. The molecule has 0 fully saturated rings. The molecule has 0 aliphatic carbocycles. The van der Waals surface area contributed by atoms with Crippen molar-refractivity contribution in [2.24, 2.45) is 0 Å². The molecule has 0 saturated carbocycles. The van der Waals surface area contributed by atoms with Gasteiger partial charge in [0.1, 0.15) is 0 Å². The van der Waals surface area contributed by atoms with Crippen LogP contribution in [0.3, 0.4) is 0 Å². The molecular weight excluding hydrogens is 232 g/mol. The Hall–Kier alpha value is -1.63. The normalized spacial score (nSPS) is 13.9. The van der Waals surface area contributed by atoms with Crippen molar-refractivity contribution in [3.05, 3.63) is 0 Å². The summed E-state index contributed by atoms with van der Waals surface area (Å²) in [5.41, 5.74) is 0. The monoisotopic (exact) mass is 254 g/mol. The average Bonchev–Trinajstić information content (AvgIpc) is 2.27. The van der Waals surface area contributed by atoms with E-state index in [0.717, 1.165) is 0 Å². The number of nitrogens with zero attached hydrogens (tertiary/aromatic N) is 4. The van der Waals surface area contributed by atoms with Gasteiger partial charge < -0.3 is 20.6 Å². The van der Waals surface area contributed by atoms with E-state index in [1.54, 1.807) is 14.0 Å². The van der Waals surface area contributed by atoms with Gasteiger partial charge in [-0.3, -0.25) is 0 Å². The Labute approximate surface area is 108 Å². The second-order valence-corrected chi connectivity index (χ2v) is 4.56. The fourth-order valence-corrected chi connectivity index (χ4v) is 1.53. The first-order valence-electron chi connectivity index (χ1n) is 5.98. The lowest BCUT2D eigenvalue weighted by Gasteiger charge is -2.17. The Balaban J connectivity index is 2.84. The van der Waals surface area contributed by atoms with Crippen molar-refractivity contribution >= 4 is 17.8 Å². The van der Waals surface area contributed by atoms with Crippen molar-refractivity contribution in [2.45, 2.75) is 32.4 Å². The van der Waals surface area contributed by atoms with E-state index in [1.807, 2.05) is 25.9 Å². The number of nitrogens with one attached hydrogen (secondary N) is 2. The van der Waals surface area contributed by atoms with Crippen LogP contribution in [0.5, 0.6) is 0 Å². The Morgan fingerprint density at radius 2 is 1.78 bits per heavy atom. The third-order valence-corrected chi connectivity index (χ3v) is 2.32. The third-order valence-electron chi connectivity index (χ3n) is 2.32. The molecule has 0 spiro atoms. The van der Waals surface area contributed by atoms with Gasteiger partial charge in [0, 0.05) is 27.2 Å². The zero-order chi connectivity index (χ0) is 13.7. The second-order valence-electron chi connectivity index (χ2n) is 4.56. The lowest BCUT2D eigenvalue weighted by Crippen LogP contribution is -2.23. The van der Waals surface area contributed by atoms with Crippen LogP contribution in [0.1, 0.15) is 20.3 Å². The topological polar surface area (TPSA) is 86.2 Å². The van der Waals surface area contributed by atoms with Gasteiger partial charge in [-0.15, -0.1) is 0 Å². The first kappa shape index (κ1) is 14.4. The highest BCUT2D eigenvalue weighted by Crippen LogP contribution is 2.12. The van der Waals surface area contributed by atoms with Gasteiger partial charge in [-0.2, -0.15) is 15.0 Å². The largest absolute Gasteiger partial charge is 0.393 e. The molecule has 1 rings (SSSR count). The Kier molecular flexibility index (Phi) is 5.08. The van der Waals surface area contributed by atoms with Crippen molar-refractivity contribution in [2.75, 3.05) is 36.7 Å². The van der Waals surface area contributed by atoms with Crippen LogP contribution in [-0.4, -0.2) is 53.3 Å². The minimum atomic E-state index is -0.355. The molecule has 0 aliphatic rings. The Morgan fingerprint density at radius 1 is 1.17 bits per heavy atom. The summed E-state index contributed by atoms with van der Waals surface area (Å²) in [5, 5.41) is 15.4. The first-order valence-corrected chi connectivity index (χ1v) is 5.98. The van der Waals surface area contributed by atoms with Gasteiger partial charge >= 0.3 is 0 Å². The maximum atomic E-state index is 9.33. The standard InChI is InChI=1S/C11H22N6O/c1-7(6-8(2)18)13-10-14-9(12-3)15-11(16-10)17(4)5/h7-8,18H,6H2,1-5H3,(H2,12,13,14,15,16). The van der Waals surface area contributed by atoms with Gasteiger partial charge in [0.05, 0.1) is 6.10 Å². The molecule has 0 aromatic carbocycles. The van der Waals surface area contributed by atoms with Crippen LogP contribution in [0.25, 0.3) is 0 Å². The van der Waals surface area contributed by atoms with Crippen LogP contribution in [-0.2, 0) is 0 Å². The van der Waals surface area contributed by atoms with Crippen LogP contribution in [0.15, 0.2) is 0 Å². The van der Waals surface area contributed by atoms with Crippen LogP contribution < -0.4 is 15.5 Å². The molecule has 0 saturated heterocycles. The SMILES string of the molecule is CNc1nc(NC(C)CC(C)O)nc(N(C)C)n1. The number of hydrogen-bond donors (Lipinski definition) is 3. The number of aliphatic hydroxyl groups is 1. The van der Waals surface area contributed by atoms with Crippen LogP contribution in [0.2, 0.25) is 0 Å². The van der Waals surface area contributed by atoms with E-state index < -0.39 is 0 Å². The zero-order valence-electron chi connectivity index (χ0n) is 11.6. The fraction of sp³-hybridized carbons (Fsp3) is 0.727. The first-order chi connectivity index (χ1) is 8.42. The van der Waals surface area contributed by atoms with E-state index in [0.29, 0.717) is 24.3 Å². The number of hydrogen-bond acceptors (Lipinski definition) is 7. The van der Waals surface area contributed by atoms with Gasteiger partial charge in [0.15, 0.2) is 0 Å². The molecule has 1 aromatic heterocycles. The smallest absolute Gasteiger partial charge is 0.231 e. The molecule has 0 aliphatic heterocycles. The van der Waals surface area contributed by atoms with Crippen molar-refractivity contribution in [1.82, 2.24) is 15.0 Å². The summed E-state index contributed by atoms with van der Waals surface area (Å²) in [6.07, 6.45) is 0.282. The van der Waals surface area contributed by atoms with E-state index in [2.05, 4.69) is 25.6 Å². The van der Waals surface area contributed by atoms with Gasteiger partial charge in [0.25, 0.3) is 0 Å². The number of aliphatic hydroxyl groups excluding tert-OH is 1. The Bertz CT molecular complexity index is 382. The van der Waals surface area contributed by atoms with E-state index >= 15 is 0 Å². The van der Waals surface area contributed by atoms with E-state index in [1.165, 1.54) is 0 Å². The summed E-state index contributed by atoms with van der Waals surface area (Å²) in [4.78, 5) is 14.6. The lowest BCUT2D eigenvalue weighted by atomic mass is 10.2. The molecule has 0 amide bonds. The minimum Gasteiger partial charge on any atom is -0.393 e. The molecule has 102 valence electrons. The molecule has 3 N–H and O–H groups in total. The molecule has 2 unspecified atom stereocenters. The van der Waals surface area contributed by atoms with E-state index in [9.17, 15) is 5.11 Å². The van der Waals surface area contributed by atoms with E-state index in [-0.39, 0.29) is 12.1 Å². The summed E-state index contributed by atoms with van der Waals surface area (Å²) in [6.45, 7) is 3.74. The molecule has 0 bridgehead atoms. The number of anilines is 3. The summed E-state index contributed by atoms with van der Waals surface area (Å²) < 4.78 is 0. The van der Waals surface area contributed by atoms with Gasteiger partial charge in [-0.05, 0) is 20.3 Å². The summed E-state index contributed by atoms with van der Waals surface area (Å²) in [6, 6.07) is 0.0899. The second kappa shape index (κ2) is 6.34. The average molecular weight is 254 g/mol. The maximum Gasteiger partial charge on any atom is 0.231 e. The molecule has 7 nitrogen and oxygen atoms in total. The van der Waals surface area contributed by atoms with Crippen molar-refractivity contribution in [1.29, 1.82) is 0 Å². The quantitative estimate of drug-likeness (QED) is 0.683. The van der Waals surface area contributed by atoms with Crippen LogP contribution in [0.4, 0.5) is 17.8 Å². The molecule has 1 aromatic rings. The van der Waals surface area contributed by atoms with Crippen molar-refractivity contribution in [3.63, 3.8) is 0 Å². The lowest BCUT2D eigenvalue weighted by molar-refractivity contribution is 0.179. The highest BCUT2D eigenvalue weighted by molar-refractivity contribution is 5.42. The molecule has 0 radical (unpaired) electrons. The third kappa shape index (κ3) is 4.33. The van der Waals surface area contributed by atoms with E-state index in [4.69, 9.17) is 0 Å². The van der Waals surface area contributed by atoms with Crippen LogP contribution >= 0.6 is 0 Å². The number of rotatable bonds is 6. The van der Waals surface area contributed by atoms with Crippen molar-refractivity contribution in [3.8, 4) is 0 Å². The molecule has 2 atom stereocenters. The van der Waals surface area contributed by atoms with Gasteiger partial charge in [-0.25, -0.2) is 0 Å². The molecule has 18 heavy (non-hydrogen) atoms. The highest BCUT2D eigenvalue weighted by atomic mass is 16.3. The molecule has 7 heteroatoms. The predicted octanol–water partition coefficient (Wildman–Crippen LogP) is 0.551. The maximum absolute atomic E-state index is 9.33. The molecule has 1 heterocycles. The van der Waals surface area contributed by atoms with Gasteiger partial charge in [-0.1, -0.05) is 0 Å². The molecular formula is C11H22N6O. The zero-order valence-corrected chi connectivity index (χ0v) is 11.6. The highest BCUT2D eigenvalue weighted by Gasteiger charge is 2.11. The minimum absolute atomic E-state index is 0.0899. The number of aromatic nitrogens is 3. The summed E-state index contributed by atoms with van der Waals surface area (Å²) >= 11 is 0. The van der Waals surface area contributed by atoms with Crippen molar-refractivity contribution < 1.29 is 5.11 Å². The van der Waals surface area contributed by atoms with Crippen LogP contribution in [0, 0.1) is 0 Å². The predicted molar refractivity (Wildman–Crippen MR) is 73.1 cm³/mol. The Morgan fingerprint density at radius 3 is 2.28 bits per heavy atom. The van der Waals surface area contributed by atoms with Gasteiger partial charge in [0.2, 0.25) is 17.8 Å². The summed E-state index contributed by atoms with van der Waals surface area (Å²) in [7, 11) is 5.51. The fourth-order valence-electron chi connectivity index (χ4n) is 1.53.